The minimum absolute atomic E-state index is 0.278. The lowest BCUT2D eigenvalue weighted by molar-refractivity contribution is 0.472. The average Bonchev–Trinajstić information content (AvgIpc) is 3.29. The largest absolute Gasteiger partial charge is 0.453 e. The van der Waals surface area contributed by atoms with E-state index in [0.717, 1.165) is 39.9 Å². The number of fused-ring (bicyclic) bond motifs is 6. The molecule has 276 valence electrons. The average molecular weight is 745 g/mol. The number of nitrogens with zero attached hydrogens (tertiary/aromatic N) is 2. The maximum atomic E-state index is 6.65. The molecule has 0 spiro atoms. The first kappa shape index (κ1) is 33.9. The summed E-state index contributed by atoms with van der Waals surface area (Å²) >= 11 is 0. The van der Waals surface area contributed by atoms with Gasteiger partial charge in [0.2, 0.25) is 0 Å². The van der Waals surface area contributed by atoms with Crippen LogP contribution in [0.1, 0.15) is 25.0 Å². The van der Waals surface area contributed by atoms with Crippen LogP contribution in [0.5, 0.6) is 11.5 Å². The van der Waals surface area contributed by atoms with Crippen LogP contribution in [0.3, 0.4) is 0 Å². The van der Waals surface area contributed by atoms with E-state index in [4.69, 9.17) is 4.74 Å². The molecule has 0 bridgehead atoms. The molecule has 0 fully saturated rings. The Hall–Kier alpha value is -7.36. The zero-order chi connectivity index (χ0) is 38.8. The van der Waals surface area contributed by atoms with Crippen LogP contribution in [0.25, 0.3) is 44.2 Å². The van der Waals surface area contributed by atoms with E-state index < -0.39 is 0 Å². The highest BCUT2D eigenvalue weighted by atomic mass is 16.5. The second kappa shape index (κ2) is 13.4. The van der Waals surface area contributed by atoms with Gasteiger partial charge in [-0.25, -0.2) is 0 Å². The Morgan fingerprint density at radius 1 is 0.414 bits per heavy atom. The molecule has 0 aliphatic carbocycles. The van der Waals surface area contributed by atoms with Crippen molar-refractivity contribution in [1.29, 1.82) is 0 Å². The molecule has 0 radical (unpaired) electrons. The third-order valence-corrected chi connectivity index (χ3v) is 12.0. The van der Waals surface area contributed by atoms with Crippen molar-refractivity contribution in [2.24, 2.45) is 0 Å². The number of ether oxygens (including phenoxy) is 1. The molecule has 2 aliphatic heterocycles. The van der Waals surface area contributed by atoms with Gasteiger partial charge >= 0.3 is 0 Å². The van der Waals surface area contributed by atoms with Crippen molar-refractivity contribution in [3.63, 3.8) is 0 Å². The molecule has 2 heterocycles. The van der Waals surface area contributed by atoms with Gasteiger partial charge in [-0.1, -0.05) is 166 Å². The summed E-state index contributed by atoms with van der Waals surface area (Å²) in [5.41, 5.74) is 16.3. The zero-order valence-corrected chi connectivity index (χ0v) is 32.4. The summed E-state index contributed by atoms with van der Waals surface area (Å²) in [4.78, 5) is 4.78. The van der Waals surface area contributed by atoms with Crippen molar-refractivity contribution in [2.45, 2.75) is 19.3 Å². The van der Waals surface area contributed by atoms with Crippen molar-refractivity contribution in [3.8, 4) is 44.9 Å². The van der Waals surface area contributed by atoms with Gasteiger partial charge in [0.25, 0.3) is 0 Å². The van der Waals surface area contributed by atoms with Crippen molar-refractivity contribution in [2.75, 3.05) is 9.80 Å². The van der Waals surface area contributed by atoms with Crippen LogP contribution >= 0.6 is 0 Å². The molecule has 0 amide bonds. The van der Waals surface area contributed by atoms with E-state index in [1.54, 1.807) is 0 Å². The number of hydrogen-bond donors (Lipinski definition) is 0. The number of hydrogen-bond acceptors (Lipinski definition) is 3. The van der Waals surface area contributed by atoms with Gasteiger partial charge in [-0.3, -0.25) is 0 Å². The van der Waals surface area contributed by atoms with Crippen LogP contribution in [-0.2, 0) is 5.41 Å². The maximum Gasteiger partial charge on any atom is 0.152 e. The smallest absolute Gasteiger partial charge is 0.152 e. The Morgan fingerprint density at radius 3 is 1.64 bits per heavy atom. The molecular weight excluding hydrogens is 705 g/mol. The van der Waals surface area contributed by atoms with E-state index >= 15 is 0 Å². The molecule has 11 rings (SSSR count). The monoisotopic (exact) mass is 744 g/mol. The lowest BCUT2D eigenvalue weighted by Gasteiger charge is -2.46. The summed E-state index contributed by atoms with van der Waals surface area (Å²) in [6.07, 6.45) is 0. The number of benzene rings is 9. The Morgan fingerprint density at radius 2 is 0.948 bits per heavy atom. The second-order valence-corrected chi connectivity index (χ2v) is 15.8. The van der Waals surface area contributed by atoms with Crippen molar-refractivity contribution < 1.29 is 4.74 Å². The van der Waals surface area contributed by atoms with Gasteiger partial charge in [-0.05, 0) is 104 Å². The Labute approximate surface area is 339 Å². The van der Waals surface area contributed by atoms with Crippen LogP contribution in [-0.4, -0.2) is 0 Å². The topological polar surface area (TPSA) is 15.7 Å². The standard InChI is InChI=1S/C55H40N2O/c1-55(2)48-20-12-22-50-54(48)57(53-47-18-10-9-15-41(47)31-36-51(53)58-50)49-21-11-19-46(52(49)55)42-25-23-38(24-26-42)40-29-34-45(35-30-40)56(43-16-7-4-8-17-43)44-32-27-39(28-33-44)37-13-5-3-6-14-37/h3-36H,1-2H3. The minimum atomic E-state index is -0.278. The fourth-order valence-corrected chi connectivity index (χ4v) is 9.22. The molecule has 3 nitrogen and oxygen atoms in total. The minimum Gasteiger partial charge on any atom is -0.453 e. The van der Waals surface area contributed by atoms with Gasteiger partial charge in [0.15, 0.2) is 11.5 Å². The third kappa shape index (κ3) is 5.43. The number of rotatable bonds is 6. The van der Waals surface area contributed by atoms with E-state index in [0.29, 0.717) is 0 Å². The van der Waals surface area contributed by atoms with Crippen LogP contribution < -0.4 is 14.5 Å². The molecule has 0 N–H and O–H groups in total. The molecule has 0 saturated heterocycles. The first-order valence-electron chi connectivity index (χ1n) is 20.0. The van der Waals surface area contributed by atoms with Gasteiger partial charge in [0, 0.05) is 27.9 Å². The first-order chi connectivity index (χ1) is 28.5. The SMILES string of the molecule is CC1(C)c2cccc3c2N(c2cccc(-c4ccc(-c5ccc(N(c6ccccc6)c6ccc(-c7ccccc7)cc6)cc5)cc4)c21)c1c(ccc2ccccc12)O3. The summed E-state index contributed by atoms with van der Waals surface area (Å²) in [6.45, 7) is 4.71. The third-order valence-electron chi connectivity index (χ3n) is 12.0. The molecule has 0 saturated carbocycles. The van der Waals surface area contributed by atoms with E-state index in [9.17, 15) is 0 Å². The van der Waals surface area contributed by atoms with Crippen LogP contribution in [0.2, 0.25) is 0 Å². The molecule has 3 heteroatoms. The quantitative estimate of drug-likeness (QED) is 0.169. The summed E-state index contributed by atoms with van der Waals surface area (Å²) in [5.74, 6) is 1.77. The first-order valence-corrected chi connectivity index (χ1v) is 20.0. The molecule has 9 aromatic rings. The predicted molar refractivity (Wildman–Crippen MR) is 242 cm³/mol. The van der Waals surface area contributed by atoms with Crippen LogP contribution in [0.15, 0.2) is 206 Å². The zero-order valence-electron chi connectivity index (χ0n) is 32.4. The summed E-state index contributed by atoms with van der Waals surface area (Å²) in [5, 5.41) is 2.38. The molecule has 0 aromatic heterocycles. The molecule has 0 atom stereocenters. The molecule has 0 unspecified atom stereocenters. The molecule has 58 heavy (non-hydrogen) atoms. The molecule has 2 aliphatic rings. The van der Waals surface area contributed by atoms with Crippen LogP contribution in [0, 0.1) is 0 Å². The molecular formula is C55H40N2O. The van der Waals surface area contributed by atoms with Crippen molar-refractivity contribution in [1.82, 2.24) is 0 Å². The van der Waals surface area contributed by atoms with E-state index in [2.05, 4.69) is 230 Å². The fourth-order valence-electron chi connectivity index (χ4n) is 9.22. The Kier molecular flexibility index (Phi) is 7.84. The number of anilines is 6. The summed E-state index contributed by atoms with van der Waals surface area (Å²) in [6, 6.07) is 74.2. The van der Waals surface area contributed by atoms with Gasteiger partial charge in [0.1, 0.15) is 0 Å². The predicted octanol–water partition coefficient (Wildman–Crippen LogP) is 15.5. The van der Waals surface area contributed by atoms with E-state index in [1.165, 1.54) is 61.0 Å². The lowest BCUT2D eigenvalue weighted by atomic mass is 9.70. The summed E-state index contributed by atoms with van der Waals surface area (Å²) < 4.78 is 6.65. The van der Waals surface area contributed by atoms with E-state index in [-0.39, 0.29) is 5.41 Å². The molecule has 9 aromatic carbocycles. The van der Waals surface area contributed by atoms with Crippen LogP contribution in [0.4, 0.5) is 34.1 Å². The van der Waals surface area contributed by atoms with Gasteiger partial charge in [-0.2, -0.15) is 0 Å². The van der Waals surface area contributed by atoms with Crippen molar-refractivity contribution >= 4 is 44.9 Å². The van der Waals surface area contributed by atoms with Crippen molar-refractivity contribution in [3.05, 3.63) is 217 Å². The Bertz CT molecular complexity index is 2970. The van der Waals surface area contributed by atoms with Gasteiger partial charge < -0.3 is 14.5 Å². The van der Waals surface area contributed by atoms with E-state index in [1.807, 2.05) is 0 Å². The van der Waals surface area contributed by atoms with Gasteiger partial charge in [-0.15, -0.1) is 0 Å². The Balaban J connectivity index is 0.951. The highest BCUT2D eigenvalue weighted by Gasteiger charge is 2.43. The highest BCUT2D eigenvalue weighted by molar-refractivity contribution is 6.06. The fraction of sp³-hybridized carbons (Fsp3) is 0.0545. The lowest BCUT2D eigenvalue weighted by Crippen LogP contribution is -2.33. The number of para-hydroxylation sites is 2. The normalized spacial score (nSPS) is 13.2. The summed E-state index contributed by atoms with van der Waals surface area (Å²) in [7, 11) is 0. The van der Waals surface area contributed by atoms with Gasteiger partial charge in [0.05, 0.1) is 17.1 Å². The second-order valence-electron chi connectivity index (χ2n) is 15.8. The maximum absolute atomic E-state index is 6.65. The highest BCUT2D eigenvalue weighted by Crippen LogP contribution is 2.62.